The van der Waals surface area contributed by atoms with Crippen molar-refractivity contribution in [3.05, 3.63) is 75.5 Å². The molecule has 0 saturated carbocycles. The maximum Gasteiger partial charge on any atom is 0.263 e. The van der Waals surface area contributed by atoms with Gasteiger partial charge in [-0.05, 0) is 29.9 Å². The lowest BCUT2D eigenvalue weighted by Gasteiger charge is -2.08. The Labute approximate surface area is 188 Å². The van der Waals surface area contributed by atoms with Gasteiger partial charge in [0.15, 0.2) is 0 Å². The number of aromatic nitrogens is 2. The molecular formula is C23H23N3O3S2. The van der Waals surface area contributed by atoms with Crippen LogP contribution in [0.2, 0.25) is 0 Å². The minimum Gasteiger partial charge on any atom is -0.381 e. The van der Waals surface area contributed by atoms with Gasteiger partial charge in [0.05, 0.1) is 18.3 Å². The number of carbonyl (C=O) groups is 1. The highest BCUT2D eigenvalue weighted by Gasteiger charge is 2.15. The molecule has 0 radical (unpaired) electrons. The summed E-state index contributed by atoms with van der Waals surface area (Å²) in [6, 6.07) is 14.1. The van der Waals surface area contributed by atoms with Gasteiger partial charge in [-0.25, -0.2) is 4.98 Å². The molecular weight excluding hydrogens is 430 g/mol. The number of ether oxygens (including phenoxy) is 1. The molecule has 3 heterocycles. The molecule has 0 bridgehead atoms. The number of rotatable bonds is 10. The summed E-state index contributed by atoms with van der Waals surface area (Å²) in [4.78, 5) is 31.3. The lowest BCUT2D eigenvalue weighted by Crippen LogP contribution is -2.33. The fourth-order valence-corrected chi connectivity index (χ4v) is 4.96. The Morgan fingerprint density at radius 3 is 2.77 bits per heavy atom. The van der Waals surface area contributed by atoms with Crippen molar-refractivity contribution >= 4 is 38.8 Å². The molecule has 31 heavy (non-hydrogen) atoms. The summed E-state index contributed by atoms with van der Waals surface area (Å²) in [5.41, 5.74) is 1.95. The average molecular weight is 454 g/mol. The lowest BCUT2D eigenvalue weighted by atomic mass is 10.2. The molecule has 1 amide bonds. The highest BCUT2D eigenvalue weighted by Crippen LogP contribution is 2.33. The van der Waals surface area contributed by atoms with E-state index in [1.54, 1.807) is 11.3 Å². The highest BCUT2D eigenvalue weighted by atomic mass is 32.1. The maximum absolute atomic E-state index is 12.9. The van der Waals surface area contributed by atoms with Crippen LogP contribution in [0.25, 0.3) is 20.7 Å². The standard InChI is InChI=1S/C23H23N3O3S2/c27-20(24-10-5-11-29-12-9-17-6-2-1-3-7-17)14-26-16-25-22-21(23(26)28)18(15-31-22)19-8-4-13-30-19/h1-4,6-8,13,15-16H,5,9-12,14H2,(H,24,27). The van der Waals surface area contributed by atoms with Crippen LogP contribution in [0.3, 0.4) is 0 Å². The zero-order valence-corrected chi connectivity index (χ0v) is 18.6. The highest BCUT2D eigenvalue weighted by molar-refractivity contribution is 7.18. The first kappa shape index (κ1) is 21.4. The van der Waals surface area contributed by atoms with Gasteiger partial charge < -0.3 is 10.1 Å². The van der Waals surface area contributed by atoms with Crippen LogP contribution < -0.4 is 10.9 Å². The Bertz CT molecular complexity index is 1180. The molecule has 0 fully saturated rings. The molecule has 0 aliphatic carbocycles. The molecule has 1 N–H and O–H groups in total. The van der Waals surface area contributed by atoms with Gasteiger partial charge in [0, 0.05) is 29.0 Å². The quantitative estimate of drug-likeness (QED) is 0.369. The number of fused-ring (bicyclic) bond motifs is 1. The van der Waals surface area contributed by atoms with Crippen molar-refractivity contribution < 1.29 is 9.53 Å². The second-order valence-corrected chi connectivity index (χ2v) is 8.84. The summed E-state index contributed by atoms with van der Waals surface area (Å²) in [5.74, 6) is -0.208. The third kappa shape index (κ3) is 5.46. The molecule has 3 aromatic heterocycles. The van der Waals surface area contributed by atoms with Crippen LogP contribution in [-0.4, -0.2) is 35.2 Å². The van der Waals surface area contributed by atoms with Crippen molar-refractivity contribution in [3.8, 4) is 10.4 Å². The topological polar surface area (TPSA) is 73.2 Å². The molecule has 4 rings (SSSR count). The number of benzene rings is 1. The molecule has 0 unspecified atom stereocenters. The van der Waals surface area contributed by atoms with Crippen LogP contribution >= 0.6 is 22.7 Å². The molecule has 0 aliphatic heterocycles. The number of nitrogens with zero attached hydrogens (tertiary/aromatic N) is 2. The molecule has 8 heteroatoms. The summed E-state index contributed by atoms with van der Waals surface area (Å²) < 4.78 is 7.00. The first-order valence-corrected chi connectivity index (χ1v) is 11.9. The van der Waals surface area contributed by atoms with Gasteiger partial charge in [0.1, 0.15) is 11.4 Å². The van der Waals surface area contributed by atoms with Crippen LogP contribution in [-0.2, 0) is 22.5 Å². The van der Waals surface area contributed by atoms with Crippen molar-refractivity contribution in [1.82, 2.24) is 14.9 Å². The fraction of sp³-hybridized carbons (Fsp3) is 0.261. The van der Waals surface area contributed by atoms with E-state index < -0.39 is 0 Å². The second-order valence-electron chi connectivity index (χ2n) is 7.04. The zero-order valence-electron chi connectivity index (χ0n) is 17.0. The first-order valence-electron chi connectivity index (χ1n) is 10.1. The van der Waals surface area contributed by atoms with Crippen LogP contribution in [0.1, 0.15) is 12.0 Å². The van der Waals surface area contributed by atoms with Gasteiger partial charge in [-0.1, -0.05) is 36.4 Å². The Balaban J connectivity index is 1.25. The van der Waals surface area contributed by atoms with Crippen molar-refractivity contribution in [2.75, 3.05) is 19.8 Å². The fourth-order valence-electron chi connectivity index (χ4n) is 3.24. The van der Waals surface area contributed by atoms with E-state index in [0.717, 1.165) is 23.3 Å². The largest absolute Gasteiger partial charge is 0.381 e. The number of carbonyl (C=O) groups excluding carboxylic acids is 1. The second kappa shape index (κ2) is 10.5. The molecule has 160 valence electrons. The minimum absolute atomic E-state index is 0.0453. The first-order chi connectivity index (χ1) is 15.2. The van der Waals surface area contributed by atoms with E-state index in [9.17, 15) is 9.59 Å². The van der Waals surface area contributed by atoms with E-state index >= 15 is 0 Å². The molecule has 0 spiro atoms. The molecule has 4 aromatic rings. The summed E-state index contributed by atoms with van der Waals surface area (Å²) >= 11 is 3.02. The Morgan fingerprint density at radius 2 is 1.97 bits per heavy atom. The molecule has 0 aliphatic rings. The minimum atomic E-state index is -0.208. The molecule has 1 aromatic carbocycles. The summed E-state index contributed by atoms with van der Waals surface area (Å²) in [7, 11) is 0. The van der Waals surface area contributed by atoms with Gasteiger partial charge in [0.2, 0.25) is 5.91 Å². The summed E-state index contributed by atoms with van der Waals surface area (Å²) in [6.07, 6.45) is 3.05. The maximum atomic E-state index is 12.9. The number of hydrogen-bond acceptors (Lipinski definition) is 6. The zero-order chi connectivity index (χ0) is 21.5. The normalized spacial score (nSPS) is 11.1. The van der Waals surface area contributed by atoms with E-state index in [0.29, 0.717) is 30.0 Å². The van der Waals surface area contributed by atoms with E-state index in [1.807, 2.05) is 41.1 Å². The van der Waals surface area contributed by atoms with Gasteiger partial charge in [-0.2, -0.15) is 0 Å². The van der Waals surface area contributed by atoms with Crippen LogP contribution in [0, 0.1) is 0 Å². The Hall–Kier alpha value is -2.81. The van der Waals surface area contributed by atoms with Crippen molar-refractivity contribution in [2.24, 2.45) is 0 Å². The van der Waals surface area contributed by atoms with Gasteiger partial charge in [-0.3, -0.25) is 14.2 Å². The number of nitrogens with one attached hydrogen (secondary N) is 1. The number of hydrogen-bond donors (Lipinski definition) is 1. The summed E-state index contributed by atoms with van der Waals surface area (Å²) in [5, 5.41) is 7.36. The summed E-state index contributed by atoms with van der Waals surface area (Å²) in [6.45, 7) is 1.70. The Kier molecular flexibility index (Phi) is 7.24. The molecule has 0 saturated heterocycles. The van der Waals surface area contributed by atoms with Crippen LogP contribution in [0.15, 0.2) is 64.3 Å². The average Bonchev–Trinajstić information content (AvgIpc) is 3.46. The van der Waals surface area contributed by atoms with Crippen LogP contribution in [0.5, 0.6) is 0 Å². The van der Waals surface area contributed by atoms with Crippen LogP contribution in [0.4, 0.5) is 0 Å². The third-order valence-corrected chi connectivity index (χ3v) is 6.62. The molecule has 0 atom stereocenters. The van der Waals surface area contributed by atoms with E-state index in [4.69, 9.17) is 4.74 Å². The third-order valence-electron chi connectivity index (χ3n) is 4.83. The molecule has 6 nitrogen and oxygen atoms in total. The van der Waals surface area contributed by atoms with Crippen molar-refractivity contribution in [2.45, 2.75) is 19.4 Å². The van der Waals surface area contributed by atoms with E-state index in [1.165, 1.54) is 27.8 Å². The van der Waals surface area contributed by atoms with Gasteiger partial charge >= 0.3 is 0 Å². The predicted molar refractivity (Wildman–Crippen MR) is 126 cm³/mol. The lowest BCUT2D eigenvalue weighted by molar-refractivity contribution is -0.121. The van der Waals surface area contributed by atoms with Gasteiger partial charge in [-0.15, -0.1) is 22.7 Å². The SMILES string of the molecule is O=C(Cn1cnc2scc(-c3cccs3)c2c1=O)NCCCOCCc1ccccc1. The number of amides is 1. The monoisotopic (exact) mass is 453 g/mol. The van der Waals surface area contributed by atoms with Crippen molar-refractivity contribution in [1.29, 1.82) is 0 Å². The predicted octanol–water partition coefficient (Wildman–Crippen LogP) is 3.95. The smallest absolute Gasteiger partial charge is 0.263 e. The Morgan fingerprint density at radius 1 is 1.10 bits per heavy atom. The number of thiophene rings is 2. The van der Waals surface area contributed by atoms with Gasteiger partial charge in [0.25, 0.3) is 5.56 Å². The van der Waals surface area contributed by atoms with E-state index in [-0.39, 0.29) is 18.0 Å². The van der Waals surface area contributed by atoms with Crippen molar-refractivity contribution in [3.63, 3.8) is 0 Å². The van der Waals surface area contributed by atoms with E-state index in [2.05, 4.69) is 22.4 Å².